The van der Waals surface area contributed by atoms with Crippen LogP contribution in [-0.4, -0.2) is 137 Å². The van der Waals surface area contributed by atoms with Gasteiger partial charge in [0.2, 0.25) is 0 Å². The lowest BCUT2D eigenvalue weighted by Gasteiger charge is -2.22. The van der Waals surface area contributed by atoms with E-state index < -0.39 is 0 Å². The molecule has 10 heteroatoms. The van der Waals surface area contributed by atoms with Gasteiger partial charge >= 0.3 is 0 Å². The Bertz CT molecular complexity index is 607. The second kappa shape index (κ2) is 25.5. The van der Waals surface area contributed by atoms with Gasteiger partial charge in [-0.1, -0.05) is 36.9 Å². The van der Waals surface area contributed by atoms with Crippen molar-refractivity contribution in [3.8, 4) is 0 Å². The summed E-state index contributed by atoms with van der Waals surface area (Å²) in [5, 5.41) is 6.49. The first-order chi connectivity index (χ1) is 19.4. The fourth-order valence-electron chi connectivity index (χ4n) is 3.69. The molecule has 2 N–H and O–H groups in total. The number of rotatable bonds is 3. The third-order valence-corrected chi connectivity index (χ3v) is 5.91. The number of nitrogens with zero attached hydrogens (tertiary/aromatic N) is 1. The molecule has 0 atom stereocenters. The summed E-state index contributed by atoms with van der Waals surface area (Å²) in [6, 6.07) is 8.49. The minimum Gasteiger partial charge on any atom is -0.379 e. The molecular formula is C29H51N3O7. The monoisotopic (exact) mass is 553 g/mol. The van der Waals surface area contributed by atoms with Gasteiger partial charge < -0.3 is 43.8 Å². The molecule has 39 heavy (non-hydrogen) atoms. The predicted molar refractivity (Wildman–Crippen MR) is 153 cm³/mol. The quantitative estimate of drug-likeness (QED) is 0.573. The van der Waals surface area contributed by atoms with Crippen molar-refractivity contribution in [2.75, 3.05) is 132 Å². The molecule has 0 radical (unpaired) electrons. The van der Waals surface area contributed by atoms with Crippen LogP contribution in [0, 0.1) is 0 Å². The van der Waals surface area contributed by atoms with Crippen molar-refractivity contribution >= 4 is 6.08 Å². The molecule has 1 aromatic carbocycles. The average molecular weight is 554 g/mol. The zero-order chi connectivity index (χ0) is 27.5. The third kappa shape index (κ3) is 20.1. The molecular weight excluding hydrogens is 502 g/mol. The summed E-state index contributed by atoms with van der Waals surface area (Å²) in [6.07, 6.45) is 1.86. The lowest BCUT2D eigenvalue weighted by molar-refractivity contribution is 0.00206. The summed E-state index contributed by atoms with van der Waals surface area (Å²) in [7, 11) is 0. The lowest BCUT2D eigenvalue weighted by atomic mass is 10.1. The molecule has 2 aliphatic rings. The summed E-state index contributed by atoms with van der Waals surface area (Å²) in [5.41, 5.74) is 2.42. The van der Waals surface area contributed by atoms with E-state index in [0.717, 1.165) is 77.8 Å². The maximum Gasteiger partial charge on any atom is 0.0701 e. The summed E-state index contributed by atoms with van der Waals surface area (Å²) >= 11 is 0. The van der Waals surface area contributed by atoms with E-state index in [1.807, 2.05) is 6.08 Å². The number of ether oxygens (including phenoxy) is 7. The normalized spacial score (nSPS) is 21.5. The van der Waals surface area contributed by atoms with E-state index in [9.17, 15) is 0 Å². The Morgan fingerprint density at radius 3 is 1.31 bits per heavy atom. The van der Waals surface area contributed by atoms with E-state index in [1.54, 1.807) is 0 Å². The summed E-state index contributed by atoms with van der Waals surface area (Å²) in [4.78, 5) is 2.35. The SMILES string of the molecule is C1COCCNCCOCCOCCN1.C=Cc1ccc(CN2CCOCCOCCOCCOCC2)cc1. The highest BCUT2D eigenvalue weighted by Crippen LogP contribution is 2.08. The summed E-state index contributed by atoms with van der Waals surface area (Å²) in [6.45, 7) is 19.4. The molecule has 2 fully saturated rings. The van der Waals surface area contributed by atoms with Crippen molar-refractivity contribution in [2.45, 2.75) is 6.54 Å². The zero-order valence-electron chi connectivity index (χ0n) is 23.7. The second-order valence-electron chi connectivity index (χ2n) is 9.01. The topological polar surface area (TPSA) is 91.9 Å². The van der Waals surface area contributed by atoms with Crippen molar-refractivity contribution in [3.05, 3.63) is 42.0 Å². The molecule has 3 rings (SSSR count). The molecule has 0 bridgehead atoms. The van der Waals surface area contributed by atoms with Gasteiger partial charge in [0.25, 0.3) is 0 Å². The number of benzene rings is 1. The molecule has 10 nitrogen and oxygen atoms in total. The van der Waals surface area contributed by atoms with Gasteiger partial charge in [-0.15, -0.1) is 0 Å². The molecule has 0 amide bonds. The van der Waals surface area contributed by atoms with Crippen LogP contribution < -0.4 is 10.6 Å². The van der Waals surface area contributed by atoms with Gasteiger partial charge in [-0.3, -0.25) is 4.90 Å². The van der Waals surface area contributed by atoms with Crippen molar-refractivity contribution in [1.29, 1.82) is 0 Å². The highest BCUT2D eigenvalue weighted by Gasteiger charge is 2.07. The number of nitrogens with one attached hydrogen (secondary N) is 2. The Labute approximate surface area is 235 Å². The van der Waals surface area contributed by atoms with Crippen molar-refractivity contribution in [2.24, 2.45) is 0 Å². The molecule has 1 aromatic rings. The van der Waals surface area contributed by atoms with E-state index >= 15 is 0 Å². The minimum atomic E-state index is 0.607. The fourth-order valence-corrected chi connectivity index (χ4v) is 3.69. The maximum absolute atomic E-state index is 5.65. The Morgan fingerprint density at radius 2 is 0.897 bits per heavy atom. The van der Waals surface area contributed by atoms with Gasteiger partial charge in [-0.05, 0) is 11.1 Å². The van der Waals surface area contributed by atoms with Crippen molar-refractivity contribution in [1.82, 2.24) is 15.5 Å². The van der Waals surface area contributed by atoms with Crippen LogP contribution in [-0.2, 0) is 39.7 Å². The predicted octanol–water partition coefficient (Wildman–Crippen LogP) is 1.44. The first-order valence-electron chi connectivity index (χ1n) is 14.3. The molecule has 2 heterocycles. The van der Waals surface area contributed by atoms with Crippen LogP contribution in [0.15, 0.2) is 30.8 Å². The van der Waals surface area contributed by atoms with E-state index in [4.69, 9.17) is 33.2 Å². The highest BCUT2D eigenvalue weighted by molar-refractivity contribution is 5.47. The highest BCUT2D eigenvalue weighted by atomic mass is 16.6. The van der Waals surface area contributed by atoms with Gasteiger partial charge in [0, 0.05) is 45.8 Å². The maximum atomic E-state index is 5.65. The summed E-state index contributed by atoms with van der Waals surface area (Å²) in [5.74, 6) is 0. The van der Waals surface area contributed by atoms with Crippen molar-refractivity contribution < 1.29 is 33.2 Å². The molecule has 0 aliphatic carbocycles. The molecule has 2 saturated heterocycles. The number of hydrogen-bond donors (Lipinski definition) is 2. The molecule has 0 spiro atoms. The molecule has 2 aliphatic heterocycles. The smallest absolute Gasteiger partial charge is 0.0701 e. The van der Waals surface area contributed by atoms with Gasteiger partial charge in [0.1, 0.15) is 0 Å². The molecule has 224 valence electrons. The van der Waals surface area contributed by atoms with Gasteiger partial charge in [0.15, 0.2) is 0 Å². The zero-order valence-corrected chi connectivity index (χ0v) is 23.7. The lowest BCUT2D eigenvalue weighted by Crippen LogP contribution is -2.31. The van der Waals surface area contributed by atoms with Crippen LogP contribution >= 0.6 is 0 Å². The largest absolute Gasteiger partial charge is 0.379 e. The van der Waals surface area contributed by atoms with E-state index in [-0.39, 0.29) is 0 Å². The van der Waals surface area contributed by atoms with Crippen LogP contribution in [0.2, 0.25) is 0 Å². The Morgan fingerprint density at radius 1 is 0.538 bits per heavy atom. The van der Waals surface area contributed by atoms with E-state index in [2.05, 4.69) is 46.4 Å². The van der Waals surface area contributed by atoms with Crippen LogP contribution in [0.1, 0.15) is 11.1 Å². The van der Waals surface area contributed by atoms with E-state index in [1.165, 1.54) is 5.56 Å². The fraction of sp³-hybridized carbons (Fsp3) is 0.724. The van der Waals surface area contributed by atoms with E-state index in [0.29, 0.717) is 66.1 Å². The van der Waals surface area contributed by atoms with Gasteiger partial charge in [-0.2, -0.15) is 0 Å². The molecule has 0 unspecified atom stereocenters. The van der Waals surface area contributed by atoms with Crippen LogP contribution in [0.25, 0.3) is 6.08 Å². The van der Waals surface area contributed by atoms with Crippen LogP contribution in [0.5, 0.6) is 0 Å². The molecule has 0 saturated carbocycles. The Kier molecular flexibility index (Phi) is 22.1. The van der Waals surface area contributed by atoms with Crippen LogP contribution in [0.4, 0.5) is 0 Å². The standard InChI is InChI=1S/C19H29NO4.C10H22N2O3/c1-2-18-3-5-19(6-4-18)17-20-7-9-21-11-13-23-15-16-24-14-12-22-10-8-20;1-5-13-6-2-12-4-8-15-10-9-14-7-3-11-1/h2-6H,1,7-17H2;11-12H,1-10H2. The Hall–Kier alpha value is -1.44. The van der Waals surface area contributed by atoms with Crippen molar-refractivity contribution in [3.63, 3.8) is 0 Å². The van der Waals surface area contributed by atoms with Crippen LogP contribution in [0.3, 0.4) is 0 Å². The van der Waals surface area contributed by atoms with Gasteiger partial charge in [-0.25, -0.2) is 0 Å². The average Bonchev–Trinajstić information content (AvgIpc) is 2.98. The first-order valence-corrected chi connectivity index (χ1v) is 14.3. The first kappa shape index (κ1) is 33.8. The summed E-state index contributed by atoms with van der Waals surface area (Å²) < 4.78 is 38.3. The van der Waals surface area contributed by atoms with Gasteiger partial charge in [0.05, 0.1) is 92.5 Å². The Balaban J connectivity index is 0.000000306. The second-order valence-corrected chi connectivity index (χ2v) is 9.01. The third-order valence-electron chi connectivity index (χ3n) is 5.91. The number of hydrogen-bond acceptors (Lipinski definition) is 10. The molecule has 0 aromatic heterocycles. The minimum absolute atomic E-state index is 0.607.